The number of carbonyl (C=O) groups is 1. The minimum Gasteiger partial charge on any atom is -0.352 e. The summed E-state index contributed by atoms with van der Waals surface area (Å²) >= 11 is 3.55. The summed E-state index contributed by atoms with van der Waals surface area (Å²) in [6.07, 6.45) is 0.962. The van der Waals surface area contributed by atoms with Gasteiger partial charge in [0, 0.05) is 34.8 Å². The Bertz CT molecular complexity index is 741. The lowest BCUT2D eigenvalue weighted by Gasteiger charge is -2.27. The SMILES string of the molecule is CN=C(NCC(=O)N1CCc2sccc2C1)NCc1ccc(C)s1.I. The van der Waals surface area contributed by atoms with Crippen LogP contribution in [0.4, 0.5) is 0 Å². The summed E-state index contributed by atoms with van der Waals surface area (Å²) in [6, 6.07) is 6.34. The zero-order valence-electron chi connectivity index (χ0n) is 14.4. The van der Waals surface area contributed by atoms with Gasteiger partial charge in [0.25, 0.3) is 0 Å². The van der Waals surface area contributed by atoms with E-state index in [1.54, 1.807) is 29.7 Å². The van der Waals surface area contributed by atoms with E-state index in [-0.39, 0.29) is 36.4 Å². The summed E-state index contributed by atoms with van der Waals surface area (Å²) < 4.78 is 0. The minimum absolute atomic E-state index is 0. The highest BCUT2D eigenvalue weighted by Crippen LogP contribution is 2.23. The van der Waals surface area contributed by atoms with E-state index in [0.29, 0.717) is 12.5 Å². The van der Waals surface area contributed by atoms with Crippen molar-refractivity contribution in [1.82, 2.24) is 15.5 Å². The van der Waals surface area contributed by atoms with Crippen LogP contribution >= 0.6 is 46.7 Å². The number of halogens is 1. The Hall–Kier alpha value is -1.13. The van der Waals surface area contributed by atoms with E-state index in [1.807, 2.05) is 4.90 Å². The van der Waals surface area contributed by atoms with Gasteiger partial charge in [-0.3, -0.25) is 9.79 Å². The molecule has 3 rings (SSSR count). The molecule has 25 heavy (non-hydrogen) atoms. The van der Waals surface area contributed by atoms with Gasteiger partial charge in [0.05, 0.1) is 13.1 Å². The van der Waals surface area contributed by atoms with Gasteiger partial charge in [-0.1, -0.05) is 0 Å². The van der Waals surface area contributed by atoms with Gasteiger partial charge in [-0.15, -0.1) is 46.7 Å². The van der Waals surface area contributed by atoms with Crippen molar-refractivity contribution in [2.24, 2.45) is 4.99 Å². The Balaban J connectivity index is 0.00000225. The molecule has 1 aliphatic heterocycles. The Morgan fingerprint density at radius 2 is 2.16 bits per heavy atom. The van der Waals surface area contributed by atoms with E-state index in [9.17, 15) is 4.79 Å². The highest BCUT2D eigenvalue weighted by atomic mass is 127. The highest BCUT2D eigenvalue weighted by molar-refractivity contribution is 14.0. The fraction of sp³-hybridized carbons (Fsp3) is 0.412. The van der Waals surface area contributed by atoms with Gasteiger partial charge in [-0.25, -0.2) is 0 Å². The maximum Gasteiger partial charge on any atom is 0.242 e. The van der Waals surface area contributed by atoms with E-state index in [0.717, 1.165) is 19.5 Å². The van der Waals surface area contributed by atoms with Crippen LogP contribution in [0.3, 0.4) is 0 Å². The van der Waals surface area contributed by atoms with Gasteiger partial charge in [0.15, 0.2) is 5.96 Å². The van der Waals surface area contributed by atoms with Crippen molar-refractivity contribution in [1.29, 1.82) is 0 Å². The molecule has 2 aromatic rings. The molecule has 0 radical (unpaired) electrons. The molecule has 0 bridgehead atoms. The lowest BCUT2D eigenvalue weighted by Crippen LogP contribution is -2.45. The normalized spacial score (nSPS) is 13.8. The summed E-state index contributed by atoms with van der Waals surface area (Å²) in [5.41, 5.74) is 1.29. The minimum atomic E-state index is 0. The third-order valence-corrected chi connectivity index (χ3v) is 6.04. The predicted octanol–water partition coefficient (Wildman–Crippen LogP) is 2.99. The molecule has 0 aliphatic carbocycles. The van der Waals surface area contributed by atoms with Crippen LogP contribution in [0, 0.1) is 6.92 Å². The molecule has 5 nitrogen and oxygen atoms in total. The number of amides is 1. The molecule has 0 spiro atoms. The van der Waals surface area contributed by atoms with Crippen molar-refractivity contribution < 1.29 is 4.79 Å². The van der Waals surface area contributed by atoms with Crippen LogP contribution < -0.4 is 10.6 Å². The summed E-state index contributed by atoms with van der Waals surface area (Å²) in [7, 11) is 1.72. The molecule has 2 N–H and O–H groups in total. The van der Waals surface area contributed by atoms with E-state index in [4.69, 9.17) is 0 Å². The molecule has 0 aromatic carbocycles. The topological polar surface area (TPSA) is 56.7 Å². The molecule has 2 aromatic heterocycles. The highest BCUT2D eigenvalue weighted by Gasteiger charge is 2.21. The van der Waals surface area contributed by atoms with Gasteiger partial charge in [-0.05, 0) is 42.5 Å². The zero-order chi connectivity index (χ0) is 16.9. The van der Waals surface area contributed by atoms with Crippen LogP contribution in [0.2, 0.25) is 0 Å². The fourth-order valence-corrected chi connectivity index (χ4v) is 4.42. The van der Waals surface area contributed by atoms with Crippen molar-refractivity contribution >= 4 is 58.5 Å². The average molecular weight is 490 g/mol. The van der Waals surface area contributed by atoms with Crippen LogP contribution in [0.25, 0.3) is 0 Å². The van der Waals surface area contributed by atoms with Crippen molar-refractivity contribution in [3.8, 4) is 0 Å². The van der Waals surface area contributed by atoms with Crippen LogP contribution in [0.15, 0.2) is 28.6 Å². The number of rotatable bonds is 4. The molecule has 0 unspecified atom stereocenters. The molecule has 0 saturated heterocycles. The molecule has 1 aliphatic rings. The number of nitrogens with zero attached hydrogens (tertiary/aromatic N) is 2. The average Bonchev–Trinajstić information content (AvgIpc) is 3.22. The number of aliphatic imine (C=N–C) groups is 1. The lowest BCUT2D eigenvalue weighted by molar-refractivity contribution is -0.130. The smallest absolute Gasteiger partial charge is 0.242 e. The van der Waals surface area contributed by atoms with Gasteiger partial charge < -0.3 is 15.5 Å². The fourth-order valence-electron chi connectivity index (χ4n) is 2.70. The Morgan fingerprint density at radius 1 is 1.32 bits per heavy atom. The van der Waals surface area contributed by atoms with E-state index < -0.39 is 0 Å². The first-order chi connectivity index (χ1) is 11.7. The largest absolute Gasteiger partial charge is 0.352 e. The first-order valence-corrected chi connectivity index (χ1v) is 9.68. The molecular formula is C17H23IN4OS2. The van der Waals surface area contributed by atoms with Gasteiger partial charge >= 0.3 is 0 Å². The zero-order valence-corrected chi connectivity index (χ0v) is 18.3. The summed E-state index contributed by atoms with van der Waals surface area (Å²) in [5.74, 6) is 0.768. The van der Waals surface area contributed by atoms with Crippen molar-refractivity contribution in [2.75, 3.05) is 20.1 Å². The second-order valence-corrected chi connectivity index (χ2v) is 8.10. The molecule has 0 saturated carbocycles. The van der Waals surface area contributed by atoms with Gasteiger partial charge in [0.1, 0.15) is 0 Å². The Morgan fingerprint density at radius 3 is 2.88 bits per heavy atom. The first kappa shape index (κ1) is 20.2. The molecule has 0 fully saturated rings. The number of carbonyl (C=O) groups excluding carboxylic acids is 1. The molecule has 136 valence electrons. The Labute approximate surface area is 173 Å². The number of hydrogen-bond donors (Lipinski definition) is 2. The quantitative estimate of drug-likeness (QED) is 0.394. The van der Waals surface area contributed by atoms with Crippen LogP contribution in [-0.4, -0.2) is 36.9 Å². The van der Waals surface area contributed by atoms with Crippen molar-refractivity contribution in [2.45, 2.75) is 26.4 Å². The maximum absolute atomic E-state index is 12.4. The number of aryl methyl sites for hydroxylation is 1. The van der Waals surface area contributed by atoms with Crippen molar-refractivity contribution in [3.63, 3.8) is 0 Å². The second kappa shape index (κ2) is 9.54. The molecule has 1 amide bonds. The van der Waals surface area contributed by atoms with Crippen LogP contribution in [0.5, 0.6) is 0 Å². The molecule has 8 heteroatoms. The second-order valence-electron chi connectivity index (χ2n) is 5.73. The van der Waals surface area contributed by atoms with Crippen LogP contribution in [0.1, 0.15) is 20.2 Å². The molecular weight excluding hydrogens is 467 g/mol. The number of fused-ring (bicyclic) bond motifs is 1. The number of nitrogens with one attached hydrogen (secondary N) is 2. The van der Waals surface area contributed by atoms with Crippen LogP contribution in [-0.2, 0) is 24.3 Å². The maximum atomic E-state index is 12.4. The predicted molar refractivity (Wildman–Crippen MR) is 116 cm³/mol. The van der Waals surface area contributed by atoms with Crippen molar-refractivity contribution in [3.05, 3.63) is 43.8 Å². The first-order valence-electron chi connectivity index (χ1n) is 7.98. The third kappa shape index (κ3) is 5.42. The number of thiophene rings is 2. The summed E-state index contributed by atoms with van der Waals surface area (Å²) in [5, 5.41) is 8.47. The molecule has 3 heterocycles. The number of hydrogen-bond acceptors (Lipinski definition) is 4. The summed E-state index contributed by atoms with van der Waals surface area (Å²) in [4.78, 5) is 22.5. The standard InChI is InChI=1S/C17H22N4OS2.HI/c1-12-3-4-14(24-12)9-19-17(18-2)20-10-16(22)21-7-5-15-13(11-21)6-8-23-15;/h3-4,6,8H,5,7,9-11H2,1-2H3,(H2,18,19,20);1H. The van der Waals surface area contributed by atoms with E-state index >= 15 is 0 Å². The number of guanidine groups is 1. The third-order valence-electron chi connectivity index (χ3n) is 4.02. The van der Waals surface area contributed by atoms with E-state index in [2.05, 4.69) is 46.1 Å². The molecule has 0 atom stereocenters. The van der Waals surface area contributed by atoms with Gasteiger partial charge in [0.2, 0.25) is 5.91 Å². The lowest BCUT2D eigenvalue weighted by atomic mass is 10.1. The summed E-state index contributed by atoms with van der Waals surface area (Å²) in [6.45, 7) is 4.60. The Kier molecular flexibility index (Phi) is 7.70. The van der Waals surface area contributed by atoms with Gasteiger partial charge in [-0.2, -0.15) is 0 Å². The van der Waals surface area contributed by atoms with E-state index in [1.165, 1.54) is 20.2 Å². The monoisotopic (exact) mass is 490 g/mol.